The topological polar surface area (TPSA) is 144 Å². The van der Waals surface area contributed by atoms with Crippen LogP contribution in [-0.2, 0) is 19.2 Å². The number of carboxylic acid groups (broad SMARTS) is 2. The van der Waals surface area contributed by atoms with Gasteiger partial charge in [-0.15, -0.1) is 0 Å². The Morgan fingerprint density at radius 2 is 1.89 bits per heavy atom. The number of methoxy groups -OCH3 is 1. The van der Waals surface area contributed by atoms with Crippen LogP contribution in [0.1, 0.15) is 0 Å². The zero-order valence-electron chi connectivity index (χ0n) is 9.77. The molecule has 3 N–H and O–H groups in total. The lowest BCUT2D eigenvalue weighted by Crippen LogP contribution is -2.65. The summed E-state index contributed by atoms with van der Waals surface area (Å²) in [7, 11) is 1.02. The molecule has 1 unspecified atom stereocenters. The summed E-state index contributed by atoms with van der Waals surface area (Å²) in [4.78, 5) is 44.2. The van der Waals surface area contributed by atoms with Crippen molar-refractivity contribution in [1.29, 1.82) is 0 Å². The molecule has 1 heterocycles. The van der Waals surface area contributed by atoms with Crippen LogP contribution in [0, 0.1) is 0 Å². The molecule has 1 fully saturated rings. The van der Waals surface area contributed by atoms with Gasteiger partial charge in [0.15, 0.2) is 0 Å². The summed E-state index contributed by atoms with van der Waals surface area (Å²) in [5.74, 6) is 0. The monoisotopic (exact) mass is 282 g/mol. The molecule has 1 saturated heterocycles. The number of hydrogen-bond acceptors (Lipinski definition) is 9. The summed E-state index contributed by atoms with van der Waals surface area (Å²) in [6, 6.07) is 0. The van der Waals surface area contributed by atoms with E-state index in [1.54, 1.807) is 0 Å². The molecule has 0 aromatic heterocycles. The van der Waals surface area contributed by atoms with Crippen LogP contribution >= 0.6 is 0 Å². The standard InChI is InChI=1S/C7H11N3O9/c1-16-7(15)19-10(18-6(13)14)3-8-2-9(4-10)17-5(11)12/h8H,2-4H2,1H3,(H-,11,12,13,14)/p+1. The molecule has 1 rings (SSSR count). The first kappa shape index (κ1) is 14.7. The van der Waals surface area contributed by atoms with Crippen LogP contribution in [0.5, 0.6) is 0 Å². The predicted octanol–water partition coefficient (Wildman–Crippen LogP) is -0.502. The molecule has 0 aromatic rings. The SMILES string of the molecule is COC(=O)O[N+]1(OC(=O)O)CNCN(OC(=O)O)C1. The van der Waals surface area contributed by atoms with E-state index in [1.165, 1.54) is 0 Å². The van der Waals surface area contributed by atoms with Gasteiger partial charge in [0.2, 0.25) is 6.67 Å². The molecule has 12 nitrogen and oxygen atoms in total. The Kier molecular flexibility index (Phi) is 4.68. The van der Waals surface area contributed by atoms with Gasteiger partial charge >= 0.3 is 18.5 Å². The predicted molar refractivity (Wildman–Crippen MR) is 51.5 cm³/mol. The molecule has 0 spiro atoms. The molecule has 0 bridgehead atoms. The fourth-order valence-electron chi connectivity index (χ4n) is 1.31. The molecule has 1 aliphatic rings. The Bertz CT molecular complexity index is 375. The minimum atomic E-state index is -1.73. The Labute approximate surface area is 106 Å². The summed E-state index contributed by atoms with van der Waals surface area (Å²) in [5.41, 5.74) is 0. The van der Waals surface area contributed by atoms with Gasteiger partial charge in [-0.3, -0.25) is 0 Å². The first-order valence-electron chi connectivity index (χ1n) is 4.80. The van der Waals surface area contributed by atoms with Crippen molar-refractivity contribution in [2.24, 2.45) is 0 Å². The number of quaternary nitrogens is 1. The average Bonchev–Trinajstić information content (AvgIpc) is 2.26. The molecule has 0 radical (unpaired) electrons. The summed E-state index contributed by atoms with van der Waals surface area (Å²) < 4.78 is 4.22. The average molecular weight is 282 g/mol. The van der Waals surface area contributed by atoms with Gasteiger partial charge in [-0.2, -0.15) is 19.3 Å². The van der Waals surface area contributed by atoms with Gasteiger partial charge in [0.25, 0.3) is 6.67 Å². The number of nitrogens with one attached hydrogen (secondary N) is 1. The van der Waals surface area contributed by atoms with Crippen molar-refractivity contribution < 1.29 is 48.7 Å². The van der Waals surface area contributed by atoms with Gasteiger partial charge in [-0.05, 0) is 0 Å². The number of nitrogens with zero attached hydrogens (tertiary/aromatic N) is 2. The van der Waals surface area contributed by atoms with Crippen LogP contribution < -0.4 is 5.32 Å². The van der Waals surface area contributed by atoms with Crippen LogP contribution in [0.15, 0.2) is 0 Å². The molecule has 1 aliphatic heterocycles. The third-order valence-corrected chi connectivity index (χ3v) is 1.87. The highest BCUT2D eigenvalue weighted by Gasteiger charge is 2.46. The second kappa shape index (κ2) is 6.03. The second-order valence-corrected chi connectivity index (χ2v) is 3.26. The summed E-state index contributed by atoms with van der Waals surface area (Å²) in [6.07, 6.45) is -4.56. The van der Waals surface area contributed by atoms with Crippen molar-refractivity contribution in [1.82, 2.24) is 10.4 Å². The highest BCUT2D eigenvalue weighted by Crippen LogP contribution is 2.16. The van der Waals surface area contributed by atoms with Crippen molar-refractivity contribution in [3.63, 3.8) is 0 Å². The molecular formula is C7H12N3O9+. The fourth-order valence-corrected chi connectivity index (χ4v) is 1.31. The van der Waals surface area contributed by atoms with Crippen LogP contribution in [0.25, 0.3) is 0 Å². The van der Waals surface area contributed by atoms with Gasteiger partial charge in [0.1, 0.15) is 0 Å². The first-order valence-corrected chi connectivity index (χ1v) is 4.80. The number of carbonyl (C=O) groups is 3. The molecule has 108 valence electrons. The highest BCUT2D eigenvalue weighted by molar-refractivity contribution is 5.59. The number of carbonyl (C=O) groups excluding carboxylic acids is 1. The van der Waals surface area contributed by atoms with Crippen molar-refractivity contribution in [3.8, 4) is 0 Å². The number of rotatable bonds is 3. The van der Waals surface area contributed by atoms with Gasteiger partial charge in [0.05, 0.1) is 18.6 Å². The third kappa shape index (κ3) is 4.46. The van der Waals surface area contributed by atoms with Gasteiger partial charge in [-0.1, -0.05) is 5.06 Å². The largest absolute Gasteiger partial charge is 0.563 e. The summed E-state index contributed by atoms with van der Waals surface area (Å²) in [6.45, 7) is -0.790. The van der Waals surface area contributed by atoms with E-state index in [0.29, 0.717) is 0 Å². The number of hydroxylamine groups is 6. The molecule has 0 aromatic carbocycles. The lowest BCUT2D eigenvalue weighted by Gasteiger charge is -2.35. The Balaban J connectivity index is 2.79. The number of hydrogen-bond donors (Lipinski definition) is 3. The molecule has 0 aliphatic carbocycles. The summed E-state index contributed by atoms with van der Waals surface area (Å²) >= 11 is 0. The lowest BCUT2D eigenvalue weighted by atomic mass is 10.7. The van der Waals surface area contributed by atoms with Crippen molar-refractivity contribution in [2.75, 3.05) is 27.1 Å². The van der Waals surface area contributed by atoms with E-state index in [2.05, 4.69) is 24.6 Å². The van der Waals surface area contributed by atoms with Crippen LogP contribution in [0.2, 0.25) is 0 Å². The fraction of sp³-hybridized carbons (Fsp3) is 0.571. The lowest BCUT2D eigenvalue weighted by molar-refractivity contribution is -1.23. The van der Waals surface area contributed by atoms with Crippen LogP contribution in [-0.4, -0.2) is 65.7 Å². The van der Waals surface area contributed by atoms with E-state index in [0.717, 1.165) is 12.2 Å². The van der Waals surface area contributed by atoms with E-state index >= 15 is 0 Å². The maximum Gasteiger partial charge on any atom is 0.563 e. The normalized spacial score (nSPS) is 23.2. The first-order chi connectivity index (χ1) is 8.87. The maximum absolute atomic E-state index is 11.1. The van der Waals surface area contributed by atoms with E-state index in [4.69, 9.17) is 10.2 Å². The third-order valence-electron chi connectivity index (χ3n) is 1.87. The highest BCUT2D eigenvalue weighted by atomic mass is 17.1. The van der Waals surface area contributed by atoms with E-state index in [-0.39, 0.29) is 13.3 Å². The Morgan fingerprint density at radius 1 is 1.21 bits per heavy atom. The minimum absolute atomic E-state index is 0.0419. The molecule has 0 amide bonds. The molecular weight excluding hydrogens is 270 g/mol. The Hall–Kier alpha value is -2.31. The second-order valence-electron chi connectivity index (χ2n) is 3.26. The molecule has 12 heteroatoms. The van der Waals surface area contributed by atoms with Gasteiger partial charge in [0, 0.05) is 0 Å². The molecule has 19 heavy (non-hydrogen) atoms. The quantitative estimate of drug-likeness (QED) is 0.455. The summed E-state index contributed by atoms with van der Waals surface area (Å²) in [5, 5.41) is 20.4. The van der Waals surface area contributed by atoms with Crippen LogP contribution in [0.3, 0.4) is 0 Å². The van der Waals surface area contributed by atoms with Crippen molar-refractivity contribution in [2.45, 2.75) is 0 Å². The van der Waals surface area contributed by atoms with Crippen LogP contribution in [0.4, 0.5) is 14.4 Å². The molecule has 0 saturated carbocycles. The zero-order valence-corrected chi connectivity index (χ0v) is 9.77. The smallest absolute Gasteiger partial charge is 0.448 e. The van der Waals surface area contributed by atoms with Crippen molar-refractivity contribution in [3.05, 3.63) is 0 Å². The van der Waals surface area contributed by atoms with E-state index in [9.17, 15) is 14.4 Å². The van der Waals surface area contributed by atoms with E-state index < -0.39 is 29.9 Å². The van der Waals surface area contributed by atoms with E-state index in [1.807, 2.05) is 0 Å². The van der Waals surface area contributed by atoms with Gasteiger partial charge < -0.3 is 19.8 Å². The zero-order chi connectivity index (χ0) is 14.5. The number of ether oxygens (including phenoxy) is 1. The minimum Gasteiger partial charge on any atom is -0.448 e. The van der Waals surface area contributed by atoms with Gasteiger partial charge in [-0.25, -0.2) is 10.1 Å². The van der Waals surface area contributed by atoms with Crippen molar-refractivity contribution >= 4 is 18.5 Å². The molecule has 1 atom stereocenters. The maximum atomic E-state index is 11.1. The Morgan fingerprint density at radius 3 is 2.42 bits per heavy atom.